The van der Waals surface area contributed by atoms with Gasteiger partial charge in [-0.15, -0.1) is 0 Å². The van der Waals surface area contributed by atoms with Crippen molar-refractivity contribution in [2.24, 2.45) is 5.14 Å². The zero-order valence-corrected chi connectivity index (χ0v) is 17.1. The van der Waals surface area contributed by atoms with Crippen LogP contribution in [0.3, 0.4) is 0 Å². The second-order valence-electron chi connectivity index (χ2n) is 6.01. The summed E-state index contributed by atoms with van der Waals surface area (Å²) in [5.41, 5.74) is 2.74. The molecule has 2 amide bonds. The topological polar surface area (TPSA) is 157 Å². The molecule has 0 unspecified atom stereocenters. The Morgan fingerprint density at radius 1 is 1.30 bits per heavy atom. The predicted octanol–water partition coefficient (Wildman–Crippen LogP) is 2.51. The number of nitrogens with two attached hydrogens (primary N) is 1. The van der Waals surface area contributed by atoms with Crippen molar-refractivity contribution < 1.29 is 27.7 Å². The van der Waals surface area contributed by atoms with Crippen molar-refractivity contribution in [3.8, 4) is 28.1 Å². The van der Waals surface area contributed by atoms with Gasteiger partial charge in [0.1, 0.15) is 11.4 Å². The molecule has 3 rings (SSSR count). The number of carbonyl (C=O) groups is 1. The molecule has 5 N–H and O–H groups in total. The Balaban J connectivity index is 2.22. The first-order valence-electron chi connectivity index (χ1n) is 8.39. The molecule has 1 heterocycles. The van der Waals surface area contributed by atoms with Crippen molar-refractivity contribution in [3.05, 3.63) is 53.2 Å². The number of ether oxygens (including phenoxy) is 1. The first-order chi connectivity index (χ1) is 14.3. The SMILES string of the molecule is COc1ccc(-c2noc(CNC(=O)NO)c2-c2ccccc2S(N)(=O)=O)cc1Cl. The van der Waals surface area contributed by atoms with Crippen LogP contribution >= 0.6 is 11.6 Å². The van der Waals surface area contributed by atoms with E-state index in [1.54, 1.807) is 24.3 Å². The molecule has 0 aliphatic carbocycles. The van der Waals surface area contributed by atoms with Gasteiger partial charge < -0.3 is 14.6 Å². The fraction of sp³-hybridized carbons (Fsp3) is 0.111. The van der Waals surface area contributed by atoms with Gasteiger partial charge in [-0.05, 0) is 24.3 Å². The molecular formula is C18H17ClN4O6S. The van der Waals surface area contributed by atoms with E-state index in [2.05, 4.69) is 10.5 Å². The van der Waals surface area contributed by atoms with Gasteiger partial charge in [-0.3, -0.25) is 5.21 Å². The molecule has 2 aromatic carbocycles. The van der Waals surface area contributed by atoms with Gasteiger partial charge in [0.05, 0.1) is 29.1 Å². The maximum absolute atomic E-state index is 12.1. The van der Waals surface area contributed by atoms with Gasteiger partial charge in [-0.2, -0.15) is 0 Å². The molecule has 3 aromatic rings. The summed E-state index contributed by atoms with van der Waals surface area (Å²) in [5.74, 6) is 0.577. The molecule has 0 saturated carbocycles. The van der Waals surface area contributed by atoms with Crippen LogP contribution in [0.15, 0.2) is 51.9 Å². The highest BCUT2D eigenvalue weighted by molar-refractivity contribution is 7.89. The molecule has 0 aliphatic heterocycles. The predicted molar refractivity (Wildman–Crippen MR) is 107 cm³/mol. The van der Waals surface area contributed by atoms with Crippen LogP contribution < -0.4 is 20.7 Å². The Labute approximate surface area is 176 Å². The number of halogens is 1. The third kappa shape index (κ3) is 4.39. The van der Waals surface area contributed by atoms with Crippen molar-refractivity contribution in [2.45, 2.75) is 11.4 Å². The van der Waals surface area contributed by atoms with Crippen LogP contribution in [0, 0.1) is 0 Å². The van der Waals surface area contributed by atoms with Gasteiger partial charge in [0.25, 0.3) is 0 Å². The zero-order chi connectivity index (χ0) is 21.9. The molecule has 0 atom stereocenters. The standard InChI is InChI=1S/C18H17ClN4O6S/c1-28-13-7-6-10(8-12(13)19)17-16(14(29-23-17)9-21-18(24)22-25)11-4-2-3-5-15(11)30(20,26)27/h2-8,25H,9H2,1H3,(H2,20,26,27)(H2,21,22,24). The monoisotopic (exact) mass is 452 g/mol. The van der Waals surface area contributed by atoms with E-state index in [9.17, 15) is 13.2 Å². The summed E-state index contributed by atoms with van der Waals surface area (Å²) in [4.78, 5) is 11.2. The lowest BCUT2D eigenvalue weighted by Gasteiger charge is -2.11. The fourth-order valence-electron chi connectivity index (χ4n) is 2.85. The van der Waals surface area contributed by atoms with Gasteiger partial charge >= 0.3 is 6.03 Å². The minimum atomic E-state index is -4.09. The van der Waals surface area contributed by atoms with Gasteiger partial charge in [0.15, 0.2) is 5.76 Å². The summed E-state index contributed by atoms with van der Waals surface area (Å²) < 4.78 is 34.8. The molecular weight excluding hydrogens is 436 g/mol. The normalized spacial score (nSPS) is 11.2. The van der Waals surface area contributed by atoms with Crippen LogP contribution in [-0.2, 0) is 16.6 Å². The Bertz CT molecular complexity index is 1200. The number of amides is 2. The molecule has 12 heteroatoms. The largest absolute Gasteiger partial charge is 0.495 e. The van der Waals surface area contributed by atoms with E-state index < -0.39 is 16.1 Å². The van der Waals surface area contributed by atoms with E-state index in [1.165, 1.54) is 30.8 Å². The van der Waals surface area contributed by atoms with Crippen molar-refractivity contribution in [2.75, 3.05) is 7.11 Å². The van der Waals surface area contributed by atoms with Crippen molar-refractivity contribution in [1.29, 1.82) is 0 Å². The summed E-state index contributed by atoms with van der Waals surface area (Å²) in [6, 6.07) is 10.0. The number of sulfonamides is 1. The molecule has 0 bridgehead atoms. The first-order valence-corrected chi connectivity index (χ1v) is 10.3. The number of carbonyl (C=O) groups excluding carboxylic acids is 1. The smallest absolute Gasteiger partial charge is 0.338 e. The van der Waals surface area contributed by atoms with Crippen molar-refractivity contribution in [3.63, 3.8) is 0 Å². The van der Waals surface area contributed by atoms with Crippen LogP contribution in [0.4, 0.5) is 4.79 Å². The Morgan fingerprint density at radius 2 is 2.03 bits per heavy atom. The molecule has 0 radical (unpaired) electrons. The van der Waals surface area contributed by atoms with Crippen LogP contribution in [0.1, 0.15) is 5.76 Å². The van der Waals surface area contributed by atoms with Crippen molar-refractivity contribution >= 4 is 27.7 Å². The average molecular weight is 453 g/mol. The van der Waals surface area contributed by atoms with E-state index in [4.69, 9.17) is 31.2 Å². The van der Waals surface area contributed by atoms with Crippen LogP contribution in [-0.4, -0.2) is 31.9 Å². The summed E-state index contributed by atoms with van der Waals surface area (Å²) in [7, 11) is -2.61. The highest BCUT2D eigenvalue weighted by Gasteiger charge is 2.25. The second kappa shape index (κ2) is 8.71. The number of benzene rings is 2. The average Bonchev–Trinajstić information content (AvgIpc) is 3.15. The maximum Gasteiger partial charge on any atom is 0.338 e. The minimum absolute atomic E-state index is 0.136. The lowest BCUT2D eigenvalue weighted by molar-refractivity contribution is 0.160. The first kappa shape index (κ1) is 21.6. The number of rotatable bonds is 6. The van der Waals surface area contributed by atoms with Gasteiger partial charge in [-0.1, -0.05) is 35.0 Å². The number of aromatic nitrogens is 1. The highest BCUT2D eigenvalue weighted by atomic mass is 35.5. The number of primary sulfonamides is 1. The van der Waals surface area contributed by atoms with E-state index in [-0.39, 0.29) is 28.5 Å². The highest BCUT2D eigenvalue weighted by Crippen LogP contribution is 2.39. The molecule has 0 aliphatic rings. The quantitative estimate of drug-likeness (QED) is 0.330. The summed E-state index contributed by atoms with van der Waals surface area (Å²) in [6.07, 6.45) is 0. The number of hydroxylamine groups is 1. The number of hydrogen-bond donors (Lipinski definition) is 4. The molecule has 30 heavy (non-hydrogen) atoms. The number of methoxy groups -OCH3 is 1. The fourth-order valence-corrected chi connectivity index (χ4v) is 3.86. The Kier molecular flexibility index (Phi) is 6.27. The number of nitrogens with zero attached hydrogens (tertiary/aromatic N) is 1. The number of hydrogen-bond acceptors (Lipinski definition) is 7. The summed E-state index contributed by atoms with van der Waals surface area (Å²) >= 11 is 6.22. The third-order valence-electron chi connectivity index (χ3n) is 4.16. The van der Waals surface area contributed by atoms with Gasteiger partial charge in [0, 0.05) is 11.1 Å². The third-order valence-corrected chi connectivity index (χ3v) is 5.43. The lowest BCUT2D eigenvalue weighted by atomic mass is 9.99. The molecule has 158 valence electrons. The number of urea groups is 1. The van der Waals surface area contributed by atoms with Crippen LogP contribution in [0.25, 0.3) is 22.4 Å². The van der Waals surface area contributed by atoms with Crippen molar-refractivity contribution in [1.82, 2.24) is 16.0 Å². The van der Waals surface area contributed by atoms with E-state index in [0.29, 0.717) is 21.9 Å². The second-order valence-corrected chi connectivity index (χ2v) is 7.95. The lowest BCUT2D eigenvalue weighted by Crippen LogP contribution is -2.32. The van der Waals surface area contributed by atoms with E-state index >= 15 is 0 Å². The van der Waals surface area contributed by atoms with Gasteiger partial charge in [-0.25, -0.2) is 23.8 Å². The molecule has 0 spiro atoms. The van der Waals surface area contributed by atoms with Gasteiger partial charge in [0.2, 0.25) is 10.0 Å². The minimum Gasteiger partial charge on any atom is -0.495 e. The maximum atomic E-state index is 12.1. The van der Waals surface area contributed by atoms with E-state index in [1.807, 2.05) is 0 Å². The summed E-state index contributed by atoms with van der Waals surface area (Å²) in [5, 5.41) is 20.8. The van der Waals surface area contributed by atoms with Crippen LogP contribution in [0.5, 0.6) is 5.75 Å². The molecule has 0 saturated heterocycles. The van der Waals surface area contributed by atoms with E-state index in [0.717, 1.165) is 0 Å². The summed E-state index contributed by atoms with van der Waals surface area (Å²) in [6.45, 7) is -0.197. The Hall–Kier alpha value is -3.12. The molecule has 0 fully saturated rings. The molecule has 1 aromatic heterocycles. The molecule has 10 nitrogen and oxygen atoms in total. The zero-order valence-electron chi connectivity index (χ0n) is 15.5. The Morgan fingerprint density at radius 3 is 2.67 bits per heavy atom. The van der Waals surface area contributed by atoms with Crippen LogP contribution in [0.2, 0.25) is 5.02 Å². The number of nitrogens with one attached hydrogen (secondary N) is 2.